The second-order valence-corrected chi connectivity index (χ2v) is 5.45. The van der Waals surface area contributed by atoms with Gasteiger partial charge in [-0.15, -0.1) is 0 Å². The number of hydrogen-bond donors (Lipinski definition) is 1. The van der Waals surface area contributed by atoms with Gasteiger partial charge in [0.2, 0.25) is 0 Å². The molecule has 0 radical (unpaired) electrons. The molecule has 0 aliphatic heterocycles. The molecule has 0 aliphatic carbocycles. The second-order valence-electron chi connectivity index (χ2n) is 5.45. The maximum atomic E-state index is 10.7. The average molecular weight is 270 g/mol. The molecule has 1 aromatic heterocycles. The maximum Gasteiger partial charge on any atom is 0.304 e. The number of carbonyl (C=O) groups is 1. The van der Waals surface area contributed by atoms with Gasteiger partial charge in [0, 0.05) is 31.8 Å². The number of carboxylic acids is 1. The smallest absolute Gasteiger partial charge is 0.304 e. The van der Waals surface area contributed by atoms with E-state index in [9.17, 15) is 4.79 Å². The molecule has 1 aromatic rings. The second kappa shape index (κ2) is 6.68. The maximum absolute atomic E-state index is 10.7. The number of aliphatic carboxylic acids is 1. The molecule has 1 rings (SSSR count). The topological polar surface area (TPSA) is 75.8 Å². The van der Waals surface area contributed by atoms with Gasteiger partial charge in [0.1, 0.15) is 6.61 Å². The van der Waals surface area contributed by atoms with Gasteiger partial charge in [-0.05, 0) is 20.8 Å². The van der Waals surface area contributed by atoms with Gasteiger partial charge in [-0.1, -0.05) is 5.16 Å². The summed E-state index contributed by atoms with van der Waals surface area (Å²) in [4.78, 5) is 12.8. The molecular formula is C13H22N2O4. The fourth-order valence-electron chi connectivity index (χ4n) is 1.72. The van der Waals surface area contributed by atoms with Crippen LogP contribution in [0.2, 0.25) is 0 Å². The molecule has 108 valence electrons. The number of methoxy groups -OCH3 is 1. The Labute approximate surface area is 113 Å². The highest BCUT2D eigenvalue weighted by atomic mass is 16.5. The van der Waals surface area contributed by atoms with Gasteiger partial charge >= 0.3 is 5.97 Å². The molecule has 1 heterocycles. The average Bonchev–Trinajstić information content (AvgIpc) is 2.70. The zero-order chi connectivity index (χ0) is 14.5. The van der Waals surface area contributed by atoms with Crippen molar-refractivity contribution in [2.24, 2.45) is 0 Å². The molecule has 0 fully saturated rings. The van der Waals surface area contributed by atoms with Crippen LogP contribution in [0, 0.1) is 0 Å². The van der Waals surface area contributed by atoms with Crippen LogP contribution >= 0.6 is 0 Å². The Balaban J connectivity index is 2.67. The SMILES string of the molecule is COCc1cc(CN(CCC(=O)O)C(C)(C)C)no1. The molecule has 0 amide bonds. The molecule has 0 aromatic carbocycles. The summed E-state index contributed by atoms with van der Waals surface area (Å²) in [5.74, 6) is -0.126. The van der Waals surface area contributed by atoms with E-state index < -0.39 is 5.97 Å². The highest BCUT2D eigenvalue weighted by Gasteiger charge is 2.23. The van der Waals surface area contributed by atoms with Gasteiger partial charge in [-0.2, -0.15) is 0 Å². The van der Waals surface area contributed by atoms with E-state index in [1.54, 1.807) is 7.11 Å². The van der Waals surface area contributed by atoms with Crippen LogP contribution in [-0.4, -0.2) is 40.3 Å². The van der Waals surface area contributed by atoms with Crippen LogP contribution in [-0.2, 0) is 22.7 Å². The van der Waals surface area contributed by atoms with Gasteiger partial charge in [0.25, 0.3) is 0 Å². The van der Waals surface area contributed by atoms with E-state index in [0.717, 1.165) is 5.69 Å². The fourth-order valence-corrected chi connectivity index (χ4v) is 1.72. The Kier molecular flexibility index (Phi) is 5.50. The first-order chi connectivity index (χ1) is 8.82. The predicted octanol–water partition coefficient (Wildman–Crippen LogP) is 1.90. The molecule has 6 nitrogen and oxygen atoms in total. The first kappa shape index (κ1) is 15.7. The lowest BCUT2D eigenvalue weighted by atomic mass is 10.1. The number of carboxylic acid groups (broad SMARTS) is 1. The van der Waals surface area contributed by atoms with E-state index in [4.69, 9.17) is 14.4 Å². The molecule has 0 atom stereocenters. The lowest BCUT2D eigenvalue weighted by molar-refractivity contribution is -0.137. The number of ether oxygens (including phenoxy) is 1. The van der Waals surface area contributed by atoms with Crippen molar-refractivity contribution >= 4 is 5.97 Å². The van der Waals surface area contributed by atoms with Crippen molar-refractivity contribution in [1.29, 1.82) is 0 Å². The molecule has 0 bridgehead atoms. The molecule has 0 spiro atoms. The molecule has 0 aliphatic rings. The van der Waals surface area contributed by atoms with Gasteiger partial charge in [-0.3, -0.25) is 9.69 Å². The van der Waals surface area contributed by atoms with Gasteiger partial charge < -0.3 is 14.4 Å². The molecule has 0 unspecified atom stereocenters. The van der Waals surface area contributed by atoms with Crippen molar-refractivity contribution in [3.8, 4) is 0 Å². The fraction of sp³-hybridized carbons (Fsp3) is 0.692. The molecule has 19 heavy (non-hydrogen) atoms. The first-order valence-corrected chi connectivity index (χ1v) is 6.23. The van der Waals surface area contributed by atoms with E-state index in [1.165, 1.54) is 0 Å². The summed E-state index contributed by atoms with van der Waals surface area (Å²) >= 11 is 0. The third kappa shape index (κ3) is 5.40. The Morgan fingerprint density at radius 2 is 2.21 bits per heavy atom. The zero-order valence-corrected chi connectivity index (χ0v) is 12.0. The predicted molar refractivity (Wildman–Crippen MR) is 69.6 cm³/mol. The monoisotopic (exact) mass is 270 g/mol. The van der Waals surface area contributed by atoms with Crippen molar-refractivity contribution in [1.82, 2.24) is 10.1 Å². The Morgan fingerprint density at radius 3 is 2.74 bits per heavy atom. The minimum absolute atomic E-state index is 0.111. The highest BCUT2D eigenvalue weighted by molar-refractivity contribution is 5.66. The summed E-state index contributed by atoms with van der Waals surface area (Å²) < 4.78 is 10.1. The van der Waals surface area contributed by atoms with E-state index in [-0.39, 0.29) is 12.0 Å². The van der Waals surface area contributed by atoms with Crippen LogP contribution in [0.5, 0.6) is 0 Å². The standard InChI is InChI=1S/C13H22N2O4/c1-13(2,3)15(6-5-12(16)17)8-10-7-11(9-18-4)19-14-10/h7H,5-6,8-9H2,1-4H3,(H,16,17). The minimum Gasteiger partial charge on any atom is -0.481 e. The number of hydrogen-bond acceptors (Lipinski definition) is 5. The summed E-state index contributed by atoms with van der Waals surface area (Å²) in [6, 6.07) is 1.84. The van der Waals surface area contributed by atoms with Gasteiger partial charge in [0.05, 0.1) is 12.1 Å². The summed E-state index contributed by atoms with van der Waals surface area (Å²) in [5.41, 5.74) is 0.655. The van der Waals surface area contributed by atoms with Crippen molar-refractivity contribution in [2.45, 2.75) is 45.9 Å². The Hall–Kier alpha value is -1.40. The molecular weight excluding hydrogens is 248 g/mol. The number of rotatable bonds is 7. The third-order valence-electron chi connectivity index (χ3n) is 2.79. The van der Waals surface area contributed by atoms with Crippen LogP contribution in [0.3, 0.4) is 0 Å². The lowest BCUT2D eigenvalue weighted by Crippen LogP contribution is -2.42. The van der Waals surface area contributed by atoms with E-state index in [2.05, 4.69) is 10.1 Å². The first-order valence-electron chi connectivity index (χ1n) is 6.23. The Bertz CT molecular complexity index is 409. The molecule has 0 saturated carbocycles. The van der Waals surface area contributed by atoms with Crippen molar-refractivity contribution in [3.63, 3.8) is 0 Å². The summed E-state index contributed by atoms with van der Waals surface area (Å²) in [6.07, 6.45) is 0.111. The normalized spacial score (nSPS) is 12.1. The van der Waals surface area contributed by atoms with Gasteiger partial charge in [-0.25, -0.2) is 0 Å². The number of nitrogens with zero attached hydrogens (tertiary/aromatic N) is 2. The largest absolute Gasteiger partial charge is 0.481 e. The van der Waals surface area contributed by atoms with Crippen molar-refractivity contribution in [2.75, 3.05) is 13.7 Å². The quantitative estimate of drug-likeness (QED) is 0.815. The third-order valence-corrected chi connectivity index (χ3v) is 2.79. The zero-order valence-electron chi connectivity index (χ0n) is 12.0. The van der Waals surface area contributed by atoms with Crippen molar-refractivity contribution in [3.05, 3.63) is 17.5 Å². The molecule has 1 N–H and O–H groups in total. The summed E-state index contributed by atoms with van der Waals surface area (Å²) in [7, 11) is 1.59. The minimum atomic E-state index is -0.797. The van der Waals surface area contributed by atoms with Crippen LogP contribution in [0.25, 0.3) is 0 Å². The summed E-state index contributed by atoms with van der Waals surface area (Å²) in [5, 5.41) is 12.8. The molecule has 6 heteroatoms. The van der Waals surface area contributed by atoms with Crippen LogP contribution in [0.4, 0.5) is 0 Å². The van der Waals surface area contributed by atoms with E-state index in [0.29, 0.717) is 25.5 Å². The summed E-state index contributed by atoms with van der Waals surface area (Å²) in [6.45, 7) is 7.56. The molecule has 0 saturated heterocycles. The van der Waals surface area contributed by atoms with E-state index in [1.807, 2.05) is 26.8 Å². The van der Waals surface area contributed by atoms with Gasteiger partial charge in [0.15, 0.2) is 5.76 Å². The van der Waals surface area contributed by atoms with Crippen LogP contribution < -0.4 is 0 Å². The highest BCUT2D eigenvalue weighted by Crippen LogP contribution is 2.18. The lowest BCUT2D eigenvalue weighted by Gasteiger charge is -2.34. The van der Waals surface area contributed by atoms with E-state index >= 15 is 0 Å². The Morgan fingerprint density at radius 1 is 1.53 bits per heavy atom. The van der Waals surface area contributed by atoms with Crippen LogP contribution in [0.1, 0.15) is 38.6 Å². The van der Waals surface area contributed by atoms with Crippen LogP contribution in [0.15, 0.2) is 10.6 Å². The van der Waals surface area contributed by atoms with Crippen molar-refractivity contribution < 1.29 is 19.2 Å². The number of aromatic nitrogens is 1.